The average Bonchev–Trinajstić information content (AvgIpc) is 2.31. The number of ether oxygens (including phenoxy) is 1. The highest BCUT2D eigenvalue weighted by molar-refractivity contribution is 5.30. The van der Waals surface area contributed by atoms with E-state index in [1.54, 1.807) is 37.3 Å². The van der Waals surface area contributed by atoms with E-state index in [0.29, 0.717) is 11.1 Å². The number of halogens is 2. The number of aryl methyl sites for hydroxylation is 1. The Morgan fingerprint density at radius 3 is 2.59 bits per heavy atom. The summed E-state index contributed by atoms with van der Waals surface area (Å²) in [5.41, 5.74) is 1.20. The van der Waals surface area contributed by atoms with E-state index in [9.17, 15) is 8.78 Å². The van der Waals surface area contributed by atoms with Crippen molar-refractivity contribution in [3.8, 4) is 5.75 Å². The molecule has 2 aromatic rings. The van der Waals surface area contributed by atoms with Crippen LogP contribution in [0.5, 0.6) is 5.75 Å². The summed E-state index contributed by atoms with van der Waals surface area (Å²) >= 11 is 0. The van der Waals surface area contributed by atoms with Gasteiger partial charge in [0.05, 0.1) is 0 Å². The number of benzene rings is 2. The van der Waals surface area contributed by atoms with E-state index in [-0.39, 0.29) is 24.0 Å². The third-order valence-corrected chi connectivity index (χ3v) is 2.44. The zero-order valence-corrected chi connectivity index (χ0v) is 9.41. The van der Waals surface area contributed by atoms with E-state index in [4.69, 9.17) is 4.74 Å². The van der Waals surface area contributed by atoms with Gasteiger partial charge in [-0.1, -0.05) is 24.3 Å². The van der Waals surface area contributed by atoms with Gasteiger partial charge in [0.2, 0.25) is 0 Å². The topological polar surface area (TPSA) is 9.23 Å². The van der Waals surface area contributed by atoms with E-state index in [2.05, 4.69) is 0 Å². The largest absolute Gasteiger partial charge is 0.486 e. The number of hydrogen-bond acceptors (Lipinski definition) is 1. The van der Waals surface area contributed by atoms with Crippen molar-refractivity contribution in [2.24, 2.45) is 0 Å². The van der Waals surface area contributed by atoms with E-state index < -0.39 is 0 Å². The molecule has 88 valence electrons. The van der Waals surface area contributed by atoms with Crippen LogP contribution < -0.4 is 4.74 Å². The molecule has 0 spiro atoms. The quantitative estimate of drug-likeness (QED) is 0.783. The average molecular weight is 234 g/mol. The Balaban J connectivity index is 2.10. The second-order valence-corrected chi connectivity index (χ2v) is 3.81. The molecule has 0 saturated carbocycles. The SMILES string of the molecule is Cc1cccc(OCc2cccc(F)c2)c1F. The van der Waals surface area contributed by atoms with Gasteiger partial charge in [0.25, 0.3) is 0 Å². The van der Waals surface area contributed by atoms with Crippen LogP contribution in [0.15, 0.2) is 42.5 Å². The van der Waals surface area contributed by atoms with Crippen LogP contribution in [0.4, 0.5) is 8.78 Å². The Hall–Kier alpha value is -1.90. The first-order valence-electron chi connectivity index (χ1n) is 5.29. The maximum atomic E-state index is 13.6. The van der Waals surface area contributed by atoms with Crippen molar-refractivity contribution >= 4 is 0 Å². The maximum absolute atomic E-state index is 13.6. The summed E-state index contributed by atoms with van der Waals surface area (Å²) in [6.45, 7) is 1.82. The summed E-state index contributed by atoms with van der Waals surface area (Å²) in [6, 6.07) is 11.0. The van der Waals surface area contributed by atoms with Crippen molar-refractivity contribution < 1.29 is 13.5 Å². The van der Waals surface area contributed by atoms with Gasteiger partial charge in [-0.15, -0.1) is 0 Å². The molecule has 1 nitrogen and oxygen atoms in total. The van der Waals surface area contributed by atoms with Gasteiger partial charge in [0.15, 0.2) is 11.6 Å². The highest BCUT2D eigenvalue weighted by atomic mass is 19.1. The fourth-order valence-electron chi connectivity index (χ4n) is 1.52. The predicted molar refractivity (Wildman–Crippen MR) is 61.9 cm³/mol. The van der Waals surface area contributed by atoms with Gasteiger partial charge in [0, 0.05) is 0 Å². The summed E-state index contributed by atoms with van der Waals surface area (Å²) < 4.78 is 31.8. The molecular weight excluding hydrogens is 222 g/mol. The van der Waals surface area contributed by atoms with Crippen LogP contribution in [-0.2, 0) is 6.61 Å². The van der Waals surface area contributed by atoms with Crippen LogP contribution in [0.25, 0.3) is 0 Å². The molecule has 0 atom stereocenters. The third-order valence-electron chi connectivity index (χ3n) is 2.44. The van der Waals surface area contributed by atoms with E-state index in [1.807, 2.05) is 0 Å². The number of hydrogen-bond donors (Lipinski definition) is 0. The standard InChI is InChI=1S/C14H12F2O/c1-10-4-2-7-13(14(10)16)17-9-11-5-3-6-12(15)8-11/h2-8H,9H2,1H3. The molecule has 0 unspecified atom stereocenters. The molecular formula is C14H12F2O. The van der Waals surface area contributed by atoms with Crippen molar-refractivity contribution in [3.05, 3.63) is 65.2 Å². The Labute approximate surface area is 98.7 Å². The summed E-state index contributed by atoms with van der Waals surface area (Å²) in [7, 11) is 0. The molecule has 2 aromatic carbocycles. The van der Waals surface area contributed by atoms with E-state index in [0.717, 1.165) is 0 Å². The Morgan fingerprint density at radius 1 is 1.06 bits per heavy atom. The zero-order valence-electron chi connectivity index (χ0n) is 9.41. The normalized spacial score (nSPS) is 10.3. The van der Waals surface area contributed by atoms with Crippen molar-refractivity contribution in [3.63, 3.8) is 0 Å². The monoisotopic (exact) mass is 234 g/mol. The van der Waals surface area contributed by atoms with Crippen LogP contribution >= 0.6 is 0 Å². The second-order valence-electron chi connectivity index (χ2n) is 3.81. The Morgan fingerprint density at radius 2 is 1.82 bits per heavy atom. The predicted octanol–water partition coefficient (Wildman–Crippen LogP) is 3.85. The summed E-state index contributed by atoms with van der Waals surface area (Å²) in [4.78, 5) is 0. The van der Waals surface area contributed by atoms with Gasteiger partial charge in [-0.3, -0.25) is 0 Å². The van der Waals surface area contributed by atoms with Crippen molar-refractivity contribution in [2.45, 2.75) is 13.5 Å². The van der Waals surface area contributed by atoms with Gasteiger partial charge in [0.1, 0.15) is 12.4 Å². The van der Waals surface area contributed by atoms with Crippen molar-refractivity contribution in [2.75, 3.05) is 0 Å². The third kappa shape index (κ3) is 2.81. The summed E-state index contributed by atoms with van der Waals surface area (Å²) in [5, 5.41) is 0. The minimum absolute atomic E-state index is 0.151. The van der Waals surface area contributed by atoms with Crippen LogP contribution in [-0.4, -0.2) is 0 Å². The lowest BCUT2D eigenvalue weighted by molar-refractivity contribution is 0.289. The lowest BCUT2D eigenvalue weighted by Gasteiger charge is -2.08. The van der Waals surface area contributed by atoms with Gasteiger partial charge in [-0.05, 0) is 36.2 Å². The molecule has 0 aliphatic heterocycles. The first-order chi connectivity index (χ1) is 8.16. The molecule has 0 saturated heterocycles. The Kier molecular flexibility index (Phi) is 3.38. The van der Waals surface area contributed by atoms with Crippen LogP contribution in [0.3, 0.4) is 0 Å². The van der Waals surface area contributed by atoms with Crippen molar-refractivity contribution in [1.29, 1.82) is 0 Å². The molecule has 0 radical (unpaired) electrons. The highest BCUT2D eigenvalue weighted by Gasteiger charge is 2.05. The molecule has 0 fully saturated rings. The van der Waals surface area contributed by atoms with Crippen molar-refractivity contribution in [1.82, 2.24) is 0 Å². The van der Waals surface area contributed by atoms with Gasteiger partial charge in [-0.25, -0.2) is 8.78 Å². The van der Waals surface area contributed by atoms with Crippen LogP contribution in [0.1, 0.15) is 11.1 Å². The maximum Gasteiger partial charge on any atom is 0.167 e. The smallest absolute Gasteiger partial charge is 0.167 e. The van der Waals surface area contributed by atoms with Gasteiger partial charge >= 0.3 is 0 Å². The lowest BCUT2D eigenvalue weighted by atomic mass is 10.2. The Bertz CT molecular complexity index is 523. The molecule has 0 heterocycles. The molecule has 0 bridgehead atoms. The van der Waals surface area contributed by atoms with E-state index in [1.165, 1.54) is 12.1 Å². The highest BCUT2D eigenvalue weighted by Crippen LogP contribution is 2.20. The van der Waals surface area contributed by atoms with Crippen LogP contribution in [0.2, 0.25) is 0 Å². The molecule has 0 N–H and O–H groups in total. The number of rotatable bonds is 3. The molecule has 3 heteroatoms. The molecule has 0 aromatic heterocycles. The first kappa shape index (κ1) is 11.6. The fraction of sp³-hybridized carbons (Fsp3) is 0.143. The minimum atomic E-state index is -0.371. The van der Waals surface area contributed by atoms with Gasteiger partial charge in [-0.2, -0.15) is 0 Å². The van der Waals surface area contributed by atoms with Crippen LogP contribution in [0, 0.1) is 18.6 Å². The molecule has 0 aliphatic rings. The molecule has 17 heavy (non-hydrogen) atoms. The first-order valence-corrected chi connectivity index (χ1v) is 5.29. The second kappa shape index (κ2) is 4.95. The molecule has 2 rings (SSSR count). The zero-order chi connectivity index (χ0) is 12.3. The molecule has 0 amide bonds. The minimum Gasteiger partial charge on any atom is -0.486 e. The summed E-state index contributed by atoms with van der Waals surface area (Å²) in [6.07, 6.45) is 0. The summed E-state index contributed by atoms with van der Waals surface area (Å²) in [5.74, 6) is -0.506. The van der Waals surface area contributed by atoms with E-state index >= 15 is 0 Å². The molecule has 0 aliphatic carbocycles. The van der Waals surface area contributed by atoms with Gasteiger partial charge < -0.3 is 4.74 Å². The fourth-order valence-corrected chi connectivity index (χ4v) is 1.52. The lowest BCUT2D eigenvalue weighted by Crippen LogP contribution is -1.98.